The van der Waals surface area contributed by atoms with Crippen LogP contribution in [0, 0.1) is 5.82 Å². The summed E-state index contributed by atoms with van der Waals surface area (Å²) in [4.78, 5) is 21.3. The van der Waals surface area contributed by atoms with E-state index in [1.165, 1.54) is 18.5 Å². The number of nitrogens with zero attached hydrogens (tertiary/aromatic N) is 2. The van der Waals surface area contributed by atoms with Gasteiger partial charge in [-0.05, 0) is 55.9 Å². The van der Waals surface area contributed by atoms with Gasteiger partial charge in [0, 0.05) is 41.5 Å². The Hall–Kier alpha value is -2.68. The second-order valence-electron chi connectivity index (χ2n) is 7.44. The molecule has 0 radical (unpaired) electrons. The molecule has 3 aromatic rings. The Morgan fingerprint density at radius 2 is 2.12 bits per heavy atom. The van der Waals surface area contributed by atoms with Gasteiger partial charge in [-0.1, -0.05) is 17.7 Å². The Labute approximate surface area is 207 Å². The zero-order valence-electron chi connectivity index (χ0n) is 18.9. The Balaban J connectivity index is 1.79. The van der Waals surface area contributed by atoms with Gasteiger partial charge in [-0.2, -0.15) is 11.8 Å². The van der Waals surface area contributed by atoms with Crippen LogP contribution < -0.4 is 10.1 Å². The fourth-order valence-corrected chi connectivity index (χ4v) is 4.25. The summed E-state index contributed by atoms with van der Waals surface area (Å²) in [6.07, 6.45) is 6.82. The van der Waals surface area contributed by atoms with Gasteiger partial charge in [-0.3, -0.25) is 4.79 Å². The van der Waals surface area contributed by atoms with Crippen LogP contribution in [0.15, 0.2) is 48.8 Å². The molecule has 0 aliphatic rings. The van der Waals surface area contributed by atoms with Gasteiger partial charge < -0.3 is 15.2 Å². The maximum absolute atomic E-state index is 13.5. The number of allylic oxidation sites excluding steroid dienone is 1. The molecule has 0 saturated heterocycles. The second kappa shape index (κ2) is 13.3. The minimum Gasteiger partial charge on any atom is -0.494 e. The van der Waals surface area contributed by atoms with E-state index in [0.717, 1.165) is 29.9 Å². The lowest BCUT2D eigenvalue weighted by Gasteiger charge is -2.13. The lowest BCUT2D eigenvalue weighted by molar-refractivity contribution is -0.114. The summed E-state index contributed by atoms with van der Waals surface area (Å²) >= 11 is 7.63. The van der Waals surface area contributed by atoms with Crippen LogP contribution >= 0.6 is 23.4 Å². The van der Waals surface area contributed by atoms with Crippen molar-refractivity contribution in [2.45, 2.75) is 26.2 Å². The number of unbranched alkanes of at least 4 members (excludes halogenated alkanes) is 1. The number of hydrogen-bond acceptors (Lipinski definition) is 7. The number of benzene rings is 2. The first-order valence-corrected chi connectivity index (χ1v) is 12.6. The van der Waals surface area contributed by atoms with Crippen LogP contribution in [0.5, 0.6) is 5.75 Å². The summed E-state index contributed by atoms with van der Waals surface area (Å²) in [6.45, 7) is 2.55. The summed E-state index contributed by atoms with van der Waals surface area (Å²) in [7, 11) is 0. The molecule has 0 spiro atoms. The molecular formula is C25H27ClFN3O3S. The highest BCUT2D eigenvalue weighted by atomic mass is 35.5. The number of aliphatic hydroxyl groups excluding tert-OH is 1. The molecule has 180 valence electrons. The number of anilines is 2. The molecule has 0 bridgehead atoms. The van der Waals surface area contributed by atoms with E-state index in [9.17, 15) is 9.18 Å². The summed E-state index contributed by atoms with van der Waals surface area (Å²) < 4.78 is 19.3. The second-order valence-corrected chi connectivity index (χ2v) is 8.99. The fourth-order valence-electron chi connectivity index (χ4n) is 3.26. The molecule has 1 aromatic heterocycles. The van der Waals surface area contributed by atoms with E-state index < -0.39 is 5.82 Å². The Bertz CT molecular complexity index is 1160. The first-order valence-electron chi connectivity index (χ1n) is 11.0. The van der Waals surface area contributed by atoms with Gasteiger partial charge in [0.05, 0.1) is 17.1 Å². The molecule has 0 amide bonds. The van der Waals surface area contributed by atoms with Crippen LogP contribution in [-0.4, -0.2) is 45.6 Å². The molecule has 0 aliphatic carbocycles. The number of aliphatic hydroxyl groups is 1. The van der Waals surface area contributed by atoms with E-state index in [1.54, 1.807) is 30.0 Å². The van der Waals surface area contributed by atoms with Crippen molar-refractivity contribution in [3.63, 3.8) is 0 Å². The Kier molecular flexibility index (Phi) is 10.1. The number of fused-ring (bicyclic) bond motifs is 1. The van der Waals surface area contributed by atoms with Crippen LogP contribution in [0.2, 0.25) is 5.02 Å². The molecule has 34 heavy (non-hydrogen) atoms. The number of ketones is 1. The SMILES string of the molecule is CCOc1cc2ncnc(Nc3ccc(F)c(Cl)c3)c2cc1CC(=O)/C=C/CSCCCCO. The van der Waals surface area contributed by atoms with Gasteiger partial charge in [0.1, 0.15) is 23.7 Å². The fraction of sp³-hybridized carbons (Fsp3) is 0.320. The summed E-state index contributed by atoms with van der Waals surface area (Å²) in [5.74, 6) is 2.28. The predicted octanol–water partition coefficient (Wildman–Crippen LogP) is 5.74. The number of nitrogens with one attached hydrogen (secondary N) is 1. The smallest absolute Gasteiger partial charge is 0.159 e. The number of halogens is 2. The van der Waals surface area contributed by atoms with Gasteiger partial charge in [0.25, 0.3) is 0 Å². The van der Waals surface area contributed by atoms with Gasteiger partial charge in [-0.15, -0.1) is 0 Å². The van der Waals surface area contributed by atoms with Crippen LogP contribution in [0.4, 0.5) is 15.9 Å². The molecular weight excluding hydrogens is 477 g/mol. The molecule has 9 heteroatoms. The maximum atomic E-state index is 13.5. The first-order chi connectivity index (χ1) is 16.5. The molecule has 6 nitrogen and oxygen atoms in total. The van der Waals surface area contributed by atoms with Crippen LogP contribution in [-0.2, 0) is 11.2 Å². The molecule has 2 aromatic carbocycles. The maximum Gasteiger partial charge on any atom is 0.159 e. The van der Waals surface area contributed by atoms with Crippen molar-refractivity contribution in [1.29, 1.82) is 0 Å². The van der Waals surface area contributed by atoms with Crippen molar-refractivity contribution in [3.05, 3.63) is 65.2 Å². The molecule has 3 rings (SSSR count). The number of thioether (sulfide) groups is 1. The number of ether oxygens (including phenoxy) is 1. The zero-order chi connectivity index (χ0) is 24.3. The van der Waals surface area contributed by atoms with Gasteiger partial charge >= 0.3 is 0 Å². The third-order valence-corrected chi connectivity index (χ3v) is 6.17. The highest BCUT2D eigenvalue weighted by molar-refractivity contribution is 7.99. The lowest BCUT2D eigenvalue weighted by atomic mass is 10.0. The van der Waals surface area contributed by atoms with Crippen molar-refractivity contribution >= 4 is 51.6 Å². The zero-order valence-corrected chi connectivity index (χ0v) is 20.5. The highest BCUT2D eigenvalue weighted by Crippen LogP contribution is 2.31. The number of rotatable bonds is 13. The van der Waals surface area contributed by atoms with Crippen LogP contribution in [0.1, 0.15) is 25.3 Å². The Morgan fingerprint density at radius 1 is 1.26 bits per heavy atom. The van der Waals surface area contributed by atoms with Crippen molar-refractivity contribution < 1.29 is 19.0 Å². The Morgan fingerprint density at radius 3 is 2.88 bits per heavy atom. The minimum absolute atomic E-state index is 0.00614. The molecule has 0 atom stereocenters. The van der Waals surface area contributed by atoms with Crippen molar-refractivity contribution in [3.8, 4) is 5.75 Å². The monoisotopic (exact) mass is 503 g/mol. The van der Waals surface area contributed by atoms with Gasteiger partial charge in [-0.25, -0.2) is 14.4 Å². The van der Waals surface area contributed by atoms with Crippen LogP contribution in [0.25, 0.3) is 10.9 Å². The van der Waals surface area contributed by atoms with Crippen molar-refractivity contribution in [2.24, 2.45) is 0 Å². The summed E-state index contributed by atoms with van der Waals surface area (Å²) in [6, 6.07) is 7.98. The average molecular weight is 504 g/mol. The molecule has 0 fully saturated rings. The normalized spacial score (nSPS) is 11.3. The standard InChI is InChI=1S/C25H27ClFN3O3S/c1-2-33-24-15-23-20(13-17(24)12-19(32)6-5-11-34-10-4-3-9-31)25(29-16-28-23)30-18-7-8-22(27)21(26)14-18/h5-8,13-16,31H,2-4,9-12H2,1H3,(H,28,29,30)/b6-5+. The molecule has 0 saturated carbocycles. The first kappa shape index (κ1) is 25.9. The molecule has 0 unspecified atom stereocenters. The quantitative estimate of drug-likeness (QED) is 0.227. The number of aromatic nitrogens is 2. The van der Waals surface area contributed by atoms with Crippen LogP contribution in [0.3, 0.4) is 0 Å². The van der Waals surface area contributed by atoms with E-state index in [2.05, 4.69) is 15.3 Å². The van der Waals surface area contributed by atoms with Gasteiger partial charge in [0.2, 0.25) is 0 Å². The van der Waals surface area contributed by atoms with E-state index in [1.807, 2.05) is 19.1 Å². The van der Waals surface area contributed by atoms with E-state index in [0.29, 0.717) is 34.8 Å². The van der Waals surface area contributed by atoms with E-state index >= 15 is 0 Å². The lowest BCUT2D eigenvalue weighted by Crippen LogP contribution is -2.04. The number of carbonyl (C=O) groups is 1. The summed E-state index contributed by atoms with van der Waals surface area (Å²) in [5, 5.41) is 12.7. The topological polar surface area (TPSA) is 84.3 Å². The van der Waals surface area contributed by atoms with Gasteiger partial charge in [0.15, 0.2) is 5.78 Å². The van der Waals surface area contributed by atoms with Crippen molar-refractivity contribution in [2.75, 3.05) is 30.0 Å². The van der Waals surface area contributed by atoms with Crippen molar-refractivity contribution in [1.82, 2.24) is 9.97 Å². The average Bonchev–Trinajstić information content (AvgIpc) is 2.82. The molecule has 1 heterocycles. The predicted molar refractivity (Wildman–Crippen MR) is 137 cm³/mol. The number of carbonyl (C=O) groups excluding carboxylic acids is 1. The largest absolute Gasteiger partial charge is 0.494 e. The summed E-state index contributed by atoms with van der Waals surface area (Å²) in [5.41, 5.74) is 1.96. The highest BCUT2D eigenvalue weighted by Gasteiger charge is 2.14. The molecule has 0 aliphatic heterocycles. The van der Waals surface area contributed by atoms with E-state index in [4.69, 9.17) is 21.4 Å². The number of hydrogen-bond donors (Lipinski definition) is 2. The minimum atomic E-state index is -0.501. The van der Waals surface area contributed by atoms with E-state index in [-0.39, 0.29) is 23.8 Å². The third-order valence-electron chi connectivity index (χ3n) is 4.88. The molecule has 2 N–H and O–H groups in total. The third kappa shape index (κ3) is 7.41.